The average molecular weight is 449 g/mol. The molecule has 3 aliphatic carbocycles. The van der Waals surface area contributed by atoms with Crippen LogP contribution in [0.2, 0.25) is 5.02 Å². The van der Waals surface area contributed by atoms with Gasteiger partial charge in [-0.15, -0.1) is 0 Å². The Labute approximate surface area is 182 Å². The zero-order chi connectivity index (χ0) is 21.8. The average Bonchev–Trinajstić information content (AvgIpc) is 3.39. The van der Waals surface area contributed by atoms with Crippen molar-refractivity contribution < 1.29 is 22.7 Å². The second-order valence-electron chi connectivity index (χ2n) is 8.70. The fourth-order valence-corrected chi connectivity index (χ4v) is 5.48. The number of hydrazone groups is 1. The summed E-state index contributed by atoms with van der Waals surface area (Å²) in [6.07, 6.45) is 4.18. The Kier molecular flexibility index (Phi) is 4.96. The molecule has 6 rings (SSSR count). The molecule has 1 unspecified atom stereocenters. The molecule has 2 bridgehead atoms. The fraction of sp³-hybridized carbons (Fsp3) is 0.391. The summed E-state index contributed by atoms with van der Waals surface area (Å²) in [6.45, 7) is 0.396. The lowest BCUT2D eigenvalue weighted by Gasteiger charge is -2.40. The predicted octanol–water partition coefficient (Wildman–Crippen LogP) is 5.51. The zero-order valence-electron chi connectivity index (χ0n) is 16.5. The molecule has 3 fully saturated rings. The summed E-state index contributed by atoms with van der Waals surface area (Å²) in [5.74, 6) is -0.910. The first-order chi connectivity index (χ1) is 14.8. The van der Waals surface area contributed by atoms with Gasteiger partial charge in [0, 0.05) is 18.7 Å². The van der Waals surface area contributed by atoms with E-state index in [1.54, 1.807) is 6.21 Å². The molecule has 4 nitrogen and oxygen atoms in total. The number of benzene rings is 2. The molecular weight excluding hydrogens is 429 g/mol. The van der Waals surface area contributed by atoms with Gasteiger partial charge in [0.05, 0.1) is 23.1 Å². The Hall–Kier alpha value is -2.54. The van der Waals surface area contributed by atoms with Crippen molar-refractivity contribution in [2.45, 2.75) is 31.7 Å². The van der Waals surface area contributed by atoms with Crippen LogP contribution >= 0.6 is 11.6 Å². The van der Waals surface area contributed by atoms with Gasteiger partial charge in [0.15, 0.2) is 0 Å². The Balaban J connectivity index is 1.27. The number of fused-ring (bicyclic) bond motifs is 1. The minimum atomic E-state index is -0.672. The summed E-state index contributed by atoms with van der Waals surface area (Å²) >= 11 is 6.03. The molecule has 1 aliphatic heterocycles. The number of hydrogen-bond donors (Lipinski definition) is 0. The molecule has 0 radical (unpaired) electrons. The molecule has 162 valence electrons. The third-order valence-corrected chi connectivity index (χ3v) is 7.03. The fourth-order valence-electron chi connectivity index (χ4n) is 5.26. The van der Waals surface area contributed by atoms with E-state index in [0.717, 1.165) is 18.9 Å². The highest BCUT2D eigenvalue weighted by atomic mass is 35.5. The monoisotopic (exact) mass is 448 g/mol. The topological polar surface area (TPSA) is 41.9 Å². The van der Waals surface area contributed by atoms with Crippen LogP contribution in [-0.4, -0.2) is 23.7 Å². The number of carbonyl (C=O) groups excluding carboxylic acids is 1. The van der Waals surface area contributed by atoms with E-state index in [0.29, 0.717) is 36.7 Å². The number of rotatable bonds is 5. The summed E-state index contributed by atoms with van der Waals surface area (Å²) < 4.78 is 46.4. The number of halogens is 4. The van der Waals surface area contributed by atoms with Crippen LogP contribution in [0.4, 0.5) is 13.2 Å². The van der Waals surface area contributed by atoms with E-state index in [-0.39, 0.29) is 16.8 Å². The largest absolute Gasteiger partial charge is 0.492 e. The summed E-state index contributed by atoms with van der Waals surface area (Å²) in [5.41, 5.74) is -0.115. The Morgan fingerprint density at radius 3 is 2.55 bits per heavy atom. The van der Waals surface area contributed by atoms with Gasteiger partial charge in [0.25, 0.3) is 0 Å². The second-order valence-corrected chi connectivity index (χ2v) is 9.11. The van der Waals surface area contributed by atoms with Crippen molar-refractivity contribution in [1.29, 1.82) is 0 Å². The number of nitrogens with zero attached hydrogens (tertiary/aromatic N) is 2. The summed E-state index contributed by atoms with van der Waals surface area (Å²) in [4.78, 5) is 13.4. The van der Waals surface area contributed by atoms with Gasteiger partial charge in [-0.05, 0) is 67.0 Å². The number of hydrogen-bond acceptors (Lipinski definition) is 3. The lowest BCUT2D eigenvalue weighted by molar-refractivity contribution is -0.148. The number of amides is 1. The molecule has 0 aromatic heterocycles. The maximum Gasteiger partial charge on any atom is 0.249 e. The maximum atomic E-state index is 13.7. The lowest BCUT2D eigenvalue weighted by atomic mass is 9.68. The highest BCUT2D eigenvalue weighted by Gasteiger charge is 2.62. The lowest BCUT2D eigenvalue weighted by Crippen LogP contribution is -2.45. The molecule has 0 saturated heterocycles. The highest BCUT2D eigenvalue weighted by Crippen LogP contribution is 2.63. The van der Waals surface area contributed by atoms with E-state index >= 15 is 0 Å². The van der Waals surface area contributed by atoms with E-state index in [4.69, 9.17) is 16.3 Å². The van der Waals surface area contributed by atoms with E-state index in [9.17, 15) is 18.0 Å². The predicted molar refractivity (Wildman–Crippen MR) is 109 cm³/mol. The molecule has 1 heterocycles. The van der Waals surface area contributed by atoms with Gasteiger partial charge >= 0.3 is 0 Å². The number of ether oxygens (including phenoxy) is 1. The molecule has 2 aromatic rings. The van der Waals surface area contributed by atoms with Crippen LogP contribution in [0.15, 0.2) is 41.5 Å². The highest BCUT2D eigenvalue weighted by molar-refractivity contribution is 6.32. The third kappa shape index (κ3) is 3.59. The van der Waals surface area contributed by atoms with Crippen LogP contribution < -0.4 is 4.74 Å². The number of carbonyl (C=O) groups is 1. The van der Waals surface area contributed by atoms with Gasteiger partial charge < -0.3 is 4.74 Å². The molecule has 31 heavy (non-hydrogen) atoms. The zero-order valence-corrected chi connectivity index (χ0v) is 17.3. The van der Waals surface area contributed by atoms with Crippen LogP contribution in [0.5, 0.6) is 5.75 Å². The van der Waals surface area contributed by atoms with Crippen LogP contribution in [0.3, 0.4) is 0 Å². The summed E-state index contributed by atoms with van der Waals surface area (Å²) in [5, 5.41) is 5.84. The van der Waals surface area contributed by atoms with Crippen molar-refractivity contribution in [3.63, 3.8) is 0 Å². The van der Waals surface area contributed by atoms with Gasteiger partial charge in [-0.1, -0.05) is 11.6 Å². The molecule has 2 aromatic carbocycles. The van der Waals surface area contributed by atoms with Gasteiger partial charge in [0.1, 0.15) is 23.2 Å². The normalized spacial score (nSPS) is 28.6. The minimum Gasteiger partial charge on any atom is -0.492 e. The van der Waals surface area contributed by atoms with Crippen molar-refractivity contribution in [3.05, 3.63) is 64.4 Å². The summed E-state index contributed by atoms with van der Waals surface area (Å²) in [6, 6.07) is 6.82. The van der Waals surface area contributed by atoms with Crippen molar-refractivity contribution >= 4 is 23.7 Å². The quantitative estimate of drug-likeness (QED) is 0.605. The molecule has 0 N–H and O–H groups in total. The first-order valence-electron chi connectivity index (χ1n) is 10.2. The van der Waals surface area contributed by atoms with Crippen LogP contribution in [0.25, 0.3) is 0 Å². The Bertz CT molecular complexity index is 1050. The second kappa shape index (κ2) is 7.55. The smallest absolute Gasteiger partial charge is 0.249 e. The van der Waals surface area contributed by atoms with Gasteiger partial charge in [0.2, 0.25) is 5.91 Å². The molecule has 0 spiro atoms. The molecule has 2 atom stereocenters. The SMILES string of the molecule is O=C(N1N=CCC1c1cc(F)cc(F)c1)C12CC(C1)[C@H](COc1ccc(F)cc1Cl)C2. The molecule has 8 heteroatoms. The van der Waals surface area contributed by atoms with Crippen molar-refractivity contribution in [3.8, 4) is 5.75 Å². The van der Waals surface area contributed by atoms with E-state index in [1.807, 2.05) is 0 Å². The van der Waals surface area contributed by atoms with Crippen molar-refractivity contribution in [2.24, 2.45) is 22.4 Å². The maximum absolute atomic E-state index is 13.7. The van der Waals surface area contributed by atoms with E-state index < -0.39 is 28.9 Å². The third-order valence-electron chi connectivity index (χ3n) is 6.73. The summed E-state index contributed by atoms with van der Waals surface area (Å²) in [7, 11) is 0. The Morgan fingerprint density at radius 2 is 1.84 bits per heavy atom. The van der Waals surface area contributed by atoms with Crippen LogP contribution in [0.1, 0.15) is 37.3 Å². The molecule has 3 saturated carbocycles. The van der Waals surface area contributed by atoms with E-state index in [1.165, 1.54) is 35.3 Å². The van der Waals surface area contributed by atoms with Crippen molar-refractivity contribution in [1.82, 2.24) is 5.01 Å². The van der Waals surface area contributed by atoms with Crippen LogP contribution in [0, 0.1) is 34.7 Å². The standard InChI is InChI=1S/C23H20ClF3N2O2/c24-19-8-16(25)1-2-21(19)31-12-15-11-23(9-14(15)10-23)22(30)29-20(3-4-28-29)13-5-17(26)7-18(27)6-13/h1-2,4-8,14-15,20H,3,9-12H2/t14?,15-,20?,23?/m0/s1. The first-order valence-corrected chi connectivity index (χ1v) is 10.6. The van der Waals surface area contributed by atoms with E-state index in [2.05, 4.69) is 5.10 Å². The first kappa shape index (κ1) is 20.4. The van der Waals surface area contributed by atoms with Crippen molar-refractivity contribution in [2.75, 3.05) is 6.61 Å². The Morgan fingerprint density at radius 1 is 1.10 bits per heavy atom. The van der Waals surface area contributed by atoms with Gasteiger partial charge in [-0.3, -0.25) is 4.79 Å². The van der Waals surface area contributed by atoms with Gasteiger partial charge in [-0.25, -0.2) is 18.2 Å². The molecular formula is C23H20ClF3N2O2. The van der Waals surface area contributed by atoms with Crippen LogP contribution in [-0.2, 0) is 4.79 Å². The molecule has 1 amide bonds. The molecule has 4 aliphatic rings. The minimum absolute atomic E-state index is 0.102. The van der Waals surface area contributed by atoms with Gasteiger partial charge in [-0.2, -0.15) is 5.10 Å².